The van der Waals surface area contributed by atoms with Crippen molar-refractivity contribution in [2.45, 2.75) is 24.8 Å². The lowest BCUT2D eigenvalue weighted by Crippen LogP contribution is -2.15. The van der Waals surface area contributed by atoms with Crippen molar-refractivity contribution in [1.82, 2.24) is 4.57 Å². The number of ether oxygens (including phenoxy) is 1. The van der Waals surface area contributed by atoms with Crippen LogP contribution in [0.25, 0.3) is 10.9 Å². The van der Waals surface area contributed by atoms with Crippen LogP contribution < -0.4 is 4.72 Å². The summed E-state index contributed by atoms with van der Waals surface area (Å²) in [4.78, 5) is 12.8. The molecule has 1 aromatic heterocycles. The van der Waals surface area contributed by atoms with Gasteiger partial charge in [0.2, 0.25) is 0 Å². The number of hydrogen-bond acceptors (Lipinski definition) is 6. The molecule has 0 aliphatic carbocycles. The molecule has 1 N–H and O–H groups in total. The molecule has 0 radical (unpaired) electrons. The van der Waals surface area contributed by atoms with Gasteiger partial charge in [-0.1, -0.05) is 66.2 Å². The molecule has 0 spiro atoms. The van der Waals surface area contributed by atoms with Crippen molar-refractivity contribution in [2.24, 2.45) is 17.3 Å². The lowest BCUT2D eigenvalue weighted by molar-refractivity contribution is -0.144. The Labute approximate surface area is 204 Å². The van der Waals surface area contributed by atoms with Gasteiger partial charge in [0.15, 0.2) is 6.04 Å². The second-order valence-corrected chi connectivity index (χ2v) is 9.66. The molecule has 4 aromatic rings. The number of aromatic nitrogens is 1. The highest BCUT2D eigenvalue weighted by atomic mass is 32.2. The highest BCUT2D eigenvalue weighted by Gasteiger charge is 2.24. The molecule has 1 heterocycles. The van der Waals surface area contributed by atoms with Crippen LogP contribution in [0.3, 0.4) is 0 Å². The topological polar surface area (TPSA) is 102 Å². The molecule has 35 heavy (non-hydrogen) atoms. The molecule has 1 atom stereocenters. The molecule has 0 aliphatic rings. The first-order valence-electron chi connectivity index (χ1n) is 11.1. The Hall–Kier alpha value is -3.98. The number of hydrogen-bond donors (Lipinski definition) is 1. The third-order valence-electron chi connectivity index (χ3n) is 5.54. The fraction of sp³-hybridized carbons (Fsp3) is 0.192. The van der Waals surface area contributed by atoms with Crippen LogP contribution in [0.4, 0.5) is 11.5 Å². The zero-order valence-corrected chi connectivity index (χ0v) is 20.5. The van der Waals surface area contributed by atoms with Crippen LogP contribution in [0.15, 0.2) is 94.0 Å². The monoisotopic (exact) mass is 490 g/mol. The number of nitrogens with one attached hydrogen (secondary N) is 1. The summed E-state index contributed by atoms with van der Waals surface area (Å²) in [6.45, 7) is 3.81. The van der Waals surface area contributed by atoms with Gasteiger partial charge in [0, 0.05) is 12.4 Å². The van der Waals surface area contributed by atoms with Crippen molar-refractivity contribution in [3.05, 3.63) is 90.0 Å². The normalized spacial score (nSPS) is 12.7. The molecule has 0 amide bonds. The van der Waals surface area contributed by atoms with Gasteiger partial charge in [0.05, 0.1) is 17.0 Å². The van der Waals surface area contributed by atoms with Crippen molar-refractivity contribution >= 4 is 38.4 Å². The minimum absolute atomic E-state index is 0.130. The number of esters is 1. The molecule has 0 saturated carbocycles. The summed E-state index contributed by atoms with van der Waals surface area (Å²) in [5.74, 6) is -0.296. The number of carbonyl (C=O) groups is 1. The molecule has 180 valence electrons. The van der Waals surface area contributed by atoms with E-state index in [9.17, 15) is 13.2 Å². The zero-order chi connectivity index (χ0) is 25.0. The molecule has 3 aromatic carbocycles. The van der Waals surface area contributed by atoms with Crippen molar-refractivity contribution in [3.8, 4) is 0 Å². The fourth-order valence-electron chi connectivity index (χ4n) is 3.72. The number of para-hydroxylation sites is 1. The van der Waals surface area contributed by atoms with E-state index < -0.39 is 22.0 Å². The number of anilines is 1. The molecule has 0 aliphatic heterocycles. The van der Waals surface area contributed by atoms with Gasteiger partial charge in [-0.15, -0.1) is 0 Å². The van der Waals surface area contributed by atoms with Gasteiger partial charge >= 0.3 is 5.97 Å². The second-order valence-electron chi connectivity index (χ2n) is 7.97. The van der Waals surface area contributed by atoms with Crippen LogP contribution in [0.1, 0.15) is 24.1 Å². The van der Waals surface area contributed by atoms with Crippen molar-refractivity contribution in [2.75, 3.05) is 11.3 Å². The molecule has 0 saturated heterocycles. The quantitative estimate of drug-likeness (QED) is 0.254. The minimum Gasteiger partial charge on any atom is -0.464 e. The van der Waals surface area contributed by atoms with Crippen LogP contribution in [0.2, 0.25) is 0 Å². The Kier molecular flexibility index (Phi) is 6.97. The average molecular weight is 491 g/mol. The third-order valence-corrected chi connectivity index (χ3v) is 6.90. The van der Waals surface area contributed by atoms with Gasteiger partial charge in [-0.2, -0.15) is 10.2 Å². The van der Waals surface area contributed by atoms with Crippen molar-refractivity contribution in [3.63, 3.8) is 0 Å². The average Bonchev–Trinajstić information content (AvgIpc) is 3.11. The number of fused-ring (bicyclic) bond motifs is 1. The maximum atomic E-state index is 13.2. The van der Waals surface area contributed by atoms with E-state index in [0.29, 0.717) is 16.6 Å². The van der Waals surface area contributed by atoms with E-state index in [-0.39, 0.29) is 17.3 Å². The molecule has 9 heteroatoms. The van der Waals surface area contributed by atoms with Gasteiger partial charge in [-0.3, -0.25) is 4.72 Å². The zero-order valence-electron chi connectivity index (χ0n) is 19.7. The van der Waals surface area contributed by atoms with E-state index in [1.165, 1.54) is 0 Å². The SMILES string of the molecule is CCOC(=O)[C@@H](N=Nc1c(NS(=O)(=O)c2ccc(C)cc2)n(C)c2ccccc12)c1ccccc1. The largest absolute Gasteiger partial charge is 0.464 e. The van der Waals surface area contributed by atoms with E-state index >= 15 is 0 Å². The lowest BCUT2D eigenvalue weighted by Gasteiger charge is -2.12. The maximum absolute atomic E-state index is 13.2. The first kappa shape index (κ1) is 24.2. The smallest absolute Gasteiger partial charge is 0.337 e. The number of aryl methyl sites for hydroxylation is 2. The van der Waals surface area contributed by atoms with Crippen molar-refractivity contribution < 1.29 is 17.9 Å². The molecule has 0 fully saturated rings. The fourth-order valence-corrected chi connectivity index (χ4v) is 4.82. The summed E-state index contributed by atoms with van der Waals surface area (Å²) < 4.78 is 35.9. The van der Waals surface area contributed by atoms with Gasteiger partial charge in [0.25, 0.3) is 10.0 Å². The molecule has 0 bridgehead atoms. The summed E-state index contributed by atoms with van der Waals surface area (Å²) in [5, 5.41) is 9.42. The molecular formula is C26H26N4O4S. The maximum Gasteiger partial charge on any atom is 0.337 e. The van der Waals surface area contributed by atoms with Crippen LogP contribution in [0.5, 0.6) is 0 Å². The minimum atomic E-state index is -3.90. The summed E-state index contributed by atoms with van der Waals surface area (Å²) in [7, 11) is -2.16. The first-order chi connectivity index (χ1) is 16.8. The van der Waals surface area contributed by atoms with E-state index in [2.05, 4.69) is 15.0 Å². The standard InChI is InChI=1S/C26H26N4O4S/c1-4-34-26(31)23(19-10-6-5-7-11-19)27-28-24-21-12-8-9-13-22(21)30(3)25(24)29-35(32,33)20-16-14-18(2)15-17-20/h5-17,23,29H,4H2,1-3H3/t23-/m0/s1. The predicted molar refractivity (Wildman–Crippen MR) is 135 cm³/mol. The van der Waals surface area contributed by atoms with Crippen LogP contribution >= 0.6 is 0 Å². The van der Waals surface area contributed by atoms with Crippen LogP contribution in [-0.2, 0) is 26.6 Å². The molecule has 8 nitrogen and oxygen atoms in total. The molecule has 0 unspecified atom stereocenters. The Morgan fingerprint density at radius 2 is 1.66 bits per heavy atom. The van der Waals surface area contributed by atoms with Crippen molar-refractivity contribution in [1.29, 1.82) is 0 Å². The number of sulfonamides is 1. The van der Waals surface area contributed by atoms with Gasteiger partial charge in [0.1, 0.15) is 11.5 Å². The van der Waals surface area contributed by atoms with Crippen LogP contribution in [-0.4, -0.2) is 25.6 Å². The highest BCUT2D eigenvalue weighted by molar-refractivity contribution is 7.92. The van der Waals surface area contributed by atoms with Gasteiger partial charge in [-0.05, 0) is 37.6 Å². The number of carbonyl (C=O) groups excluding carboxylic acids is 1. The molecular weight excluding hydrogens is 464 g/mol. The van der Waals surface area contributed by atoms with Gasteiger partial charge in [-0.25, -0.2) is 13.2 Å². The van der Waals surface area contributed by atoms with E-state index in [1.54, 1.807) is 67.1 Å². The van der Waals surface area contributed by atoms with Crippen LogP contribution in [0, 0.1) is 6.92 Å². The second kappa shape index (κ2) is 10.1. The van der Waals surface area contributed by atoms with Gasteiger partial charge < -0.3 is 9.30 Å². The summed E-state index contributed by atoms with van der Waals surface area (Å²) in [5.41, 5.74) is 2.64. The summed E-state index contributed by atoms with van der Waals surface area (Å²) in [6, 6.07) is 21.9. The predicted octanol–water partition coefficient (Wildman–Crippen LogP) is 5.68. The summed E-state index contributed by atoms with van der Waals surface area (Å²) in [6.07, 6.45) is 0. The van der Waals surface area contributed by atoms with E-state index in [4.69, 9.17) is 4.74 Å². The Morgan fingerprint density at radius 3 is 2.34 bits per heavy atom. The Morgan fingerprint density at radius 1 is 1.00 bits per heavy atom. The van der Waals surface area contributed by atoms with E-state index in [0.717, 1.165) is 11.1 Å². The lowest BCUT2D eigenvalue weighted by atomic mass is 10.1. The molecule has 4 rings (SSSR count). The third kappa shape index (κ3) is 5.09. The Bertz CT molecular complexity index is 1480. The number of nitrogens with zero attached hydrogens (tertiary/aromatic N) is 3. The van der Waals surface area contributed by atoms with E-state index in [1.807, 2.05) is 37.3 Å². The highest BCUT2D eigenvalue weighted by Crippen LogP contribution is 2.39. The number of azo groups is 1. The summed E-state index contributed by atoms with van der Waals surface area (Å²) >= 11 is 0. The number of rotatable bonds is 8. The number of benzene rings is 3. The Balaban J connectivity index is 1.81. The first-order valence-corrected chi connectivity index (χ1v) is 12.6.